The SMILES string of the molecule is COc1ccc(CC(=O)c2cc(C)cc(C)c2)cn1. The molecule has 0 aliphatic rings. The van der Waals surface area contributed by atoms with Crippen LogP contribution in [0.3, 0.4) is 0 Å². The predicted octanol–water partition coefficient (Wildman–Crippen LogP) is 3.13. The molecule has 98 valence electrons. The molecule has 0 spiro atoms. The predicted molar refractivity (Wildman–Crippen MR) is 74.7 cm³/mol. The number of aryl methyl sites for hydroxylation is 2. The summed E-state index contributed by atoms with van der Waals surface area (Å²) in [5.74, 6) is 0.668. The second-order valence-corrected chi connectivity index (χ2v) is 4.69. The largest absolute Gasteiger partial charge is 0.481 e. The van der Waals surface area contributed by atoms with Crippen molar-refractivity contribution in [1.82, 2.24) is 4.98 Å². The van der Waals surface area contributed by atoms with Gasteiger partial charge < -0.3 is 4.74 Å². The van der Waals surface area contributed by atoms with Crippen molar-refractivity contribution in [2.24, 2.45) is 0 Å². The summed E-state index contributed by atoms with van der Waals surface area (Å²) in [6.07, 6.45) is 2.04. The molecular weight excluding hydrogens is 238 g/mol. The van der Waals surface area contributed by atoms with Gasteiger partial charge in [-0.05, 0) is 31.5 Å². The van der Waals surface area contributed by atoms with Crippen molar-refractivity contribution in [3.8, 4) is 5.88 Å². The molecule has 0 atom stereocenters. The number of rotatable bonds is 4. The topological polar surface area (TPSA) is 39.2 Å². The maximum atomic E-state index is 12.2. The number of hydrogen-bond acceptors (Lipinski definition) is 3. The van der Waals surface area contributed by atoms with E-state index in [-0.39, 0.29) is 5.78 Å². The van der Waals surface area contributed by atoms with E-state index in [1.165, 1.54) is 0 Å². The van der Waals surface area contributed by atoms with Crippen molar-refractivity contribution >= 4 is 5.78 Å². The lowest BCUT2D eigenvalue weighted by atomic mass is 10.0. The van der Waals surface area contributed by atoms with Crippen molar-refractivity contribution in [2.45, 2.75) is 20.3 Å². The summed E-state index contributed by atoms with van der Waals surface area (Å²) in [5, 5.41) is 0. The van der Waals surface area contributed by atoms with Gasteiger partial charge in [0.25, 0.3) is 0 Å². The molecule has 0 N–H and O–H groups in total. The Morgan fingerprint density at radius 1 is 1.16 bits per heavy atom. The first kappa shape index (κ1) is 13.3. The fourth-order valence-electron chi connectivity index (χ4n) is 2.06. The quantitative estimate of drug-likeness (QED) is 0.788. The standard InChI is InChI=1S/C16H17NO2/c1-11-6-12(2)8-14(7-11)15(18)9-13-4-5-16(19-3)17-10-13/h4-8,10H,9H2,1-3H3. The molecule has 0 radical (unpaired) electrons. The lowest BCUT2D eigenvalue weighted by Crippen LogP contribution is -2.04. The molecule has 1 heterocycles. The number of carbonyl (C=O) groups excluding carboxylic acids is 1. The van der Waals surface area contributed by atoms with Crippen LogP contribution >= 0.6 is 0 Å². The zero-order valence-electron chi connectivity index (χ0n) is 11.4. The Morgan fingerprint density at radius 2 is 1.84 bits per heavy atom. The molecule has 0 saturated carbocycles. The van der Waals surface area contributed by atoms with Crippen LogP contribution in [0.5, 0.6) is 5.88 Å². The van der Waals surface area contributed by atoms with E-state index in [2.05, 4.69) is 11.1 Å². The summed E-state index contributed by atoms with van der Waals surface area (Å²) >= 11 is 0. The monoisotopic (exact) mass is 255 g/mol. The first-order valence-electron chi connectivity index (χ1n) is 6.19. The van der Waals surface area contributed by atoms with E-state index in [1.54, 1.807) is 19.4 Å². The lowest BCUT2D eigenvalue weighted by molar-refractivity contribution is 0.0992. The van der Waals surface area contributed by atoms with Gasteiger partial charge >= 0.3 is 0 Å². The molecule has 0 amide bonds. The van der Waals surface area contributed by atoms with Gasteiger partial charge in [0.05, 0.1) is 7.11 Å². The zero-order chi connectivity index (χ0) is 13.8. The van der Waals surface area contributed by atoms with Gasteiger partial charge in [-0.2, -0.15) is 0 Å². The highest BCUT2D eigenvalue weighted by Gasteiger charge is 2.08. The highest BCUT2D eigenvalue weighted by molar-refractivity contribution is 5.97. The minimum absolute atomic E-state index is 0.110. The van der Waals surface area contributed by atoms with Crippen LogP contribution in [-0.4, -0.2) is 17.9 Å². The lowest BCUT2D eigenvalue weighted by Gasteiger charge is -2.05. The summed E-state index contributed by atoms with van der Waals surface area (Å²) in [5.41, 5.74) is 3.87. The second-order valence-electron chi connectivity index (χ2n) is 4.69. The minimum atomic E-state index is 0.110. The third-order valence-electron chi connectivity index (χ3n) is 2.92. The molecule has 1 aromatic carbocycles. The molecule has 3 nitrogen and oxygen atoms in total. The van der Waals surface area contributed by atoms with Gasteiger partial charge in [-0.3, -0.25) is 4.79 Å². The zero-order valence-corrected chi connectivity index (χ0v) is 11.4. The molecule has 0 aliphatic carbocycles. The normalized spacial score (nSPS) is 10.3. The van der Waals surface area contributed by atoms with Crippen LogP contribution in [0.25, 0.3) is 0 Å². The van der Waals surface area contributed by atoms with Crippen LogP contribution in [0.15, 0.2) is 36.5 Å². The summed E-state index contributed by atoms with van der Waals surface area (Å²) in [6.45, 7) is 4.00. The van der Waals surface area contributed by atoms with Gasteiger partial charge in [0, 0.05) is 24.2 Å². The molecule has 0 bridgehead atoms. The van der Waals surface area contributed by atoms with Crippen molar-refractivity contribution in [3.05, 3.63) is 58.8 Å². The van der Waals surface area contributed by atoms with Gasteiger partial charge in [0.15, 0.2) is 5.78 Å². The van der Waals surface area contributed by atoms with Crippen LogP contribution < -0.4 is 4.74 Å². The van der Waals surface area contributed by atoms with Crippen LogP contribution in [-0.2, 0) is 6.42 Å². The molecule has 1 aromatic heterocycles. The molecule has 2 aromatic rings. The van der Waals surface area contributed by atoms with E-state index in [4.69, 9.17) is 4.74 Å². The maximum absolute atomic E-state index is 12.2. The van der Waals surface area contributed by atoms with E-state index < -0.39 is 0 Å². The number of hydrogen-bond donors (Lipinski definition) is 0. The first-order valence-corrected chi connectivity index (χ1v) is 6.19. The summed E-state index contributed by atoms with van der Waals surface area (Å²) < 4.78 is 4.99. The van der Waals surface area contributed by atoms with Gasteiger partial charge in [0.2, 0.25) is 5.88 Å². The Morgan fingerprint density at radius 3 is 2.37 bits per heavy atom. The summed E-state index contributed by atoms with van der Waals surface area (Å²) in [7, 11) is 1.57. The van der Waals surface area contributed by atoms with Crippen molar-refractivity contribution in [2.75, 3.05) is 7.11 Å². The van der Waals surface area contributed by atoms with Crippen LogP contribution in [0.2, 0.25) is 0 Å². The molecule has 0 fully saturated rings. The Kier molecular flexibility index (Phi) is 3.95. The number of carbonyl (C=O) groups is 1. The number of methoxy groups -OCH3 is 1. The molecule has 2 rings (SSSR count). The van der Waals surface area contributed by atoms with Crippen molar-refractivity contribution in [1.29, 1.82) is 0 Å². The number of benzene rings is 1. The van der Waals surface area contributed by atoms with E-state index in [0.717, 1.165) is 22.3 Å². The number of ketones is 1. The Hall–Kier alpha value is -2.16. The van der Waals surface area contributed by atoms with Crippen LogP contribution in [0, 0.1) is 13.8 Å². The summed E-state index contributed by atoms with van der Waals surface area (Å²) in [4.78, 5) is 16.3. The van der Waals surface area contributed by atoms with E-state index in [1.807, 2.05) is 32.0 Å². The van der Waals surface area contributed by atoms with Gasteiger partial charge in [-0.15, -0.1) is 0 Å². The molecule has 0 saturated heterocycles. The average molecular weight is 255 g/mol. The minimum Gasteiger partial charge on any atom is -0.481 e. The summed E-state index contributed by atoms with van der Waals surface area (Å²) in [6, 6.07) is 9.54. The Labute approximate surface area is 113 Å². The Bertz CT molecular complexity index is 568. The molecular formula is C16H17NO2. The third kappa shape index (κ3) is 3.41. The fraction of sp³-hybridized carbons (Fsp3) is 0.250. The van der Waals surface area contributed by atoms with Crippen molar-refractivity contribution in [3.63, 3.8) is 0 Å². The highest BCUT2D eigenvalue weighted by atomic mass is 16.5. The average Bonchev–Trinajstić information content (AvgIpc) is 2.38. The molecule has 3 heteroatoms. The third-order valence-corrected chi connectivity index (χ3v) is 2.92. The number of pyridine rings is 1. The van der Waals surface area contributed by atoms with Gasteiger partial charge in [-0.1, -0.05) is 23.3 Å². The number of ether oxygens (including phenoxy) is 1. The number of nitrogens with zero attached hydrogens (tertiary/aromatic N) is 1. The van der Waals surface area contributed by atoms with Gasteiger partial charge in [0.1, 0.15) is 0 Å². The smallest absolute Gasteiger partial charge is 0.212 e. The first-order chi connectivity index (χ1) is 9.08. The second kappa shape index (κ2) is 5.65. The highest BCUT2D eigenvalue weighted by Crippen LogP contribution is 2.13. The van der Waals surface area contributed by atoms with E-state index >= 15 is 0 Å². The Balaban J connectivity index is 2.15. The maximum Gasteiger partial charge on any atom is 0.212 e. The van der Waals surface area contributed by atoms with Gasteiger partial charge in [-0.25, -0.2) is 4.98 Å². The number of aromatic nitrogens is 1. The van der Waals surface area contributed by atoms with Crippen molar-refractivity contribution < 1.29 is 9.53 Å². The van der Waals surface area contributed by atoms with Crippen LogP contribution in [0.1, 0.15) is 27.0 Å². The number of Topliss-reactive ketones (excluding diaryl/α,β-unsaturated/α-hetero) is 1. The van der Waals surface area contributed by atoms with Crippen LogP contribution in [0.4, 0.5) is 0 Å². The van der Waals surface area contributed by atoms with E-state index in [9.17, 15) is 4.79 Å². The van der Waals surface area contributed by atoms with E-state index in [0.29, 0.717) is 12.3 Å². The molecule has 0 aliphatic heterocycles. The molecule has 19 heavy (non-hydrogen) atoms. The fourth-order valence-corrected chi connectivity index (χ4v) is 2.06. The molecule has 0 unspecified atom stereocenters.